The standard InChI is InChI=1S/C18H27N3O4S/c1-3-20(4-2)18(22)21-9-7-14-11-17(6-5-15(14)12-21)26(23,24)19-16-8-10-25-13-16/h5-6,11,16,19H,3-4,7-10,12-13H2,1-2H3/t16-/m0/s1. The smallest absolute Gasteiger partial charge is 0.320 e. The Morgan fingerprint density at radius 3 is 2.73 bits per heavy atom. The molecule has 0 unspecified atom stereocenters. The Morgan fingerprint density at radius 2 is 2.08 bits per heavy atom. The van der Waals surface area contributed by atoms with Crippen LogP contribution in [-0.2, 0) is 27.7 Å². The molecule has 1 aromatic rings. The van der Waals surface area contributed by atoms with E-state index >= 15 is 0 Å². The SMILES string of the molecule is CCN(CC)C(=O)N1CCc2cc(S(=O)(=O)N[C@H]3CCOC3)ccc2C1. The number of rotatable bonds is 5. The Bertz CT molecular complexity index is 756. The molecule has 7 nitrogen and oxygen atoms in total. The van der Waals surface area contributed by atoms with Gasteiger partial charge in [0.2, 0.25) is 10.0 Å². The van der Waals surface area contributed by atoms with Crippen LogP contribution in [0.1, 0.15) is 31.4 Å². The molecule has 1 fully saturated rings. The number of nitrogens with zero attached hydrogens (tertiary/aromatic N) is 2. The molecule has 0 spiro atoms. The van der Waals surface area contributed by atoms with Crippen molar-refractivity contribution in [1.29, 1.82) is 0 Å². The first-order valence-corrected chi connectivity index (χ1v) is 10.7. The van der Waals surface area contributed by atoms with Gasteiger partial charge in [-0.25, -0.2) is 17.9 Å². The fourth-order valence-corrected chi connectivity index (χ4v) is 4.77. The predicted molar refractivity (Wildman–Crippen MR) is 98.4 cm³/mol. The van der Waals surface area contributed by atoms with Crippen molar-refractivity contribution in [2.45, 2.75) is 44.2 Å². The molecule has 26 heavy (non-hydrogen) atoms. The summed E-state index contributed by atoms with van der Waals surface area (Å²) in [6, 6.07) is 5.09. The Labute approximate surface area is 155 Å². The lowest BCUT2D eigenvalue weighted by Crippen LogP contribution is -2.45. The van der Waals surface area contributed by atoms with Crippen LogP contribution < -0.4 is 4.72 Å². The van der Waals surface area contributed by atoms with Gasteiger partial charge in [0, 0.05) is 38.8 Å². The molecule has 144 valence electrons. The maximum atomic E-state index is 12.6. The topological polar surface area (TPSA) is 79.0 Å². The van der Waals surface area contributed by atoms with Crippen LogP contribution in [0.25, 0.3) is 0 Å². The second-order valence-corrected chi connectivity index (χ2v) is 8.45. The van der Waals surface area contributed by atoms with Crippen molar-refractivity contribution in [3.63, 3.8) is 0 Å². The van der Waals surface area contributed by atoms with Gasteiger partial charge in [0.25, 0.3) is 0 Å². The van der Waals surface area contributed by atoms with Crippen molar-refractivity contribution in [2.24, 2.45) is 0 Å². The molecule has 0 saturated carbocycles. The first kappa shape index (κ1) is 19.1. The van der Waals surface area contributed by atoms with E-state index in [-0.39, 0.29) is 17.0 Å². The first-order chi connectivity index (χ1) is 12.4. The average Bonchev–Trinajstić information content (AvgIpc) is 3.14. The molecule has 8 heteroatoms. The van der Waals surface area contributed by atoms with Gasteiger partial charge in [-0.2, -0.15) is 0 Å². The quantitative estimate of drug-likeness (QED) is 0.840. The molecule has 3 rings (SSSR count). The highest BCUT2D eigenvalue weighted by molar-refractivity contribution is 7.89. The van der Waals surface area contributed by atoms with E-state index in [9.17, 15) is 13.2 Å². The fraction of sp³-hybridized carbons (Fsp3) is 0.611. The molecule has 2 heterocycles. The van der Waals surface area contributed by atoms with Crippen LogP contribution in [0.15, 0.2) is 23.1 Å². The van der Waals surface area contributed by atoms with E-state index in [1.54, 1.807) is 17.0 Å². The minimum absolute atomic E-state index is 0.0419. The fourth-order valence-electron chi connectivity index (χ4n) is 3.47. The van der Waals surface area contributed by atoms with Crippen LogP contribution in [0.2, 0.25) is 0 Å². The lowest BCUT2D eigenvalue weighted by molar-refractivity contribution is 0.152. The highest BCUT2D eigenvalue weighted by atomic mass is 32.2. The molecule has 2 aliphatic heterocycles. The third-order valence-electron chi connectivity index (χ3n) is 5.06. The summed E-state index contributed by atoms with van der Waals surface area (Å²) in [5.74, 6) is 0. The van der Waals surface area contributed by atoms with Crippen LogP contribution in [0, 0.1) is 0 Å². The number of carbonyl (C=O) groups excluding carboxylic acids is 1. The molecule has 1 saturated heterocycles. The van der Waals surface area contributed by atoms with Crippen molar-refractivity contribution in [3.05, 3.63) is 29.3 Å². The van der Waals surface area contributed by atoms with Gasteiger partial charge in [0.05, 0.1) is 11.5 Å². The molecule has 0 aliphatic carbocycles. The summed E-state index contributed by atoms with van der Waals surface area (Å²) in [4.78, 5) is 16.4. The number of hydrogen-bond donors (Lipinski definition) is 1. The third kappa shape index (κ3) is 4.02. The van der Waals surface area contributed by atoms with E-state index in [1.165, 1.54) is 0 Å². The van der Waals surface area contributed by atoms with E-state index in [4.69, 9.17) is 4.74 Å². The molecule has 0 aromatic heterocycles. The molecular formula is C18H27N3O4S. The van der Waals surface area contributed by atoms with E-state index in [2.05, 4.69) is 4.72 Å². The Hall–Kier alpha value is -1.64. The normalized spacial score (nSPS) is 20.1. The maximum absolute atomic E-state index is 12.6. The summed E-state index contributed by atoms with van der Waals surface area (Å²) < 4.78 is 33.1. The lowest BCUT2D eigenvalue weighted by Gasteiger charge is -2.33. The lowest BCUT2D eigenvalue weighted by atomic mass is 10.0. The van der Waals surface area contributed by atoms with Crippen LogP contribution >= 0.6 is 0 Å². The summed E-state index contributed by atoms with van der Waals surface area (Å²) in [6.07, 6.45) is 1.37. The van der Waals surface area contributed by atoms with Gasteiger partial charge in [0.1, 0.15) is 0 Å². The van der Waals surface area contributed by atoms with Crippen molar-refractivity contribution < 1.29 is 17.9 Å². The van der Waals surface area contributed by atoms with Crippen LogP contribution in [0.4, 0.5) is 4.79 Å². The minimum Gasteiger partial charge on any atom is -0.380 e. The van der Waals surface area contributed by atoms with Gasteiger partial charge in [-0.3, -0.25) is 0 Å². The van der Waals surface area contributed by atoms with E-state index in [1.807, 2.05) is 24.8 Å². The number of nitrogens with one attached hydrogen (secondary N) is 1. The first-order valence-electron chi connectivity index (χ1n) is 9.20. The van der Waals surface area contributed by atoms with Crippen LogP contribution in [-0.4, -0.2) is 63.1 Å². The van der Waals surface area contributed by atoms with Gasteiger partial charge >= 0.3 is 6.03 Å². The summed E-state index contributed by atoms with van der Waals surface area (Å²) >= 11 is 0. The molecule has 0 bridgehead atoms. The average molecular weight is 381 g/mol. The van der Waals surface area contributed by atoms with Crippen LogP contribution in [0.5, 0.6) is 0 Å². The number of amides is 2. The summed E-state index contributed by atoms with van der Waals surface area (Å²) in [7, 11) is -3.55. The highest BCUT2D eigenvalue weighted by Crippen LogP contribution is 2.24. The number of urea groups is 1. The monoisotopic (exact) mass is 381 g/mol. The maximum Gasteiger partial charge on any atom is 0.320 e. The van der Waals surface area contributed by atoms with Crippen molar-refractivity contribution in [3.8, 4) is 0 Å². The van der Waals surface area contributed by atoms with Gasteiger partial charge in [-0.05, 0) is 49.9 Å². The minimum atomic E-state index is -3.55. The van der Waals surface area contributed by atoms with E-state index < -0.39 is 10.0 Å². The number of benzene rings is 1. The highest BCUT2D eigenvalue weighted by Gasteiger charge is 2.27. The molecule has 0 radical (unpaired) electrons. The second kappa shape index (κ2) is 7.94. The Morgan fingerprint density at radius 1 is 1.31 bits per heavy atom. The van der Waals surface area contributed by atoms with E-state index in [0.717, 1.165) is 11.1 Å². The molecular weight excluding hydrogens is 354 g/mol. The van der Waals surface area contributed by atoms with Gasteiger partial charge in [-0.1, -0.05) is 6.07 Å². The summed E-state index contributed by atoms with van der Waals surface area (Å²) in [5.41, 5.74) is 2.01. The van der Waals surface area contributed by atoms with Gasteiger partial charge < -0.3 is 14.5 Å². The molecule has 1 N–H and O–H groups in total. The number of sulfonamides is 1. The number of carbonyl (C=O) groups is 1. The molecule has 2 amide bonds. The van der Waals surface area contributed by atoms with Crippen molar-refractivity contribution >= 4 is 16.1 Å². The molecule has 1 aromatic carbocycles. The number of ether oxygens (including phenoxy) is 1. The van der Waals surface area contributed by atoms with Gasteiger partial charge in [-0.15, -0.1) is 0 Å². The third-order valence-corrected chi connectivity index (χ3v) is 6.57. The van der Waals surface area contributed by atoms with Crippen molar-refractivity contribution in [1.82, 2.24) is 14.5 Å². The van der Waals surface area contributed by atoms with E-state index in [0.29, 0.717) is 52.2 Å². The van der Waals surface area contributed by atoms with Gasteiger partial charge in [0.15, 0.2) is 0 Å². The molecule has 2 aliphatic rings. The molecule has 1 atom stereocenters. The summed E-state index contributed by atoms with van der Waals surface area (Å²) in [5, 5.41) is 0. The number of fused-ring (bicyclic) bond motifs is 1. The number of hydrogen-bond acceptors (Lipinski definition) is 4. The van der Waals surface area contributed by atoms with Crippen LogP contribution in [0.3, 0.4) is 0 Å². The Balaban J connectivity index is 1.73. The zero-order valence-corrected chi connectivity index (χ0v) is 16.2. The largest absolute Gasteiger partial charge is 0.380 e. The predicted octanol–water partition coefficient (Wildman–Crippen LogP) is 1.57. The Kier molecular flexibility index (Phi) is 5.84. The second-order valence-electron chi connectivity index (χ2n) is 6.74. The zero-order chi connectivity index (χ0) is 18.7. The van der Waals surface area contributed by atoms with Crippen molar-refractivity contribution in [2.75, 3.05) is 32.8 Å². The summed E-state index contributed by atoms with van der Waals surface area (Å²) in [6.45, 7) is 7.46. The zero-order valence-electron chi connectivity index (χ0n) is 15.4.